The third-order valence-corrected chi connectivity index (χ3v) is 11.1. The summed E-state index contributed by atoms with van der Waals surface area (Å²) in [5.74, 6) is 1.87. The van der Waals surface area contributed by atoms with Crippen molar-refractivity contribution in [2.75, 3.05) is 6.61 Å². The second kappa shape index (κ2) is 7.55. The highest BCUT2D eigenvalue weighted by atomic mass is 16.6. The Morgan fingerprint density at radius 1 is 1.19 bits per heavy atom. The Morgan fingerprint density at radius 3 is 2.71 bits per heavy atom. The Morgan fingerprint density at radius 2 is 1.97 bits per heavy atom. The zero-order valence-electron chi connectivity index (χ0n) is 20.0. The van der Waals surface area contributed by atoms with Gasteiger partial charge in [0.2, 0.25) is 0 Å². The Hall–Kier alpha value is -0.420. The van der Waals surface area contributed by atoms with Gasteiger partial charge in [0.05, 0.1) is 12.2 Å². The molecule has 31 heavy (non-hydrogen) atoms. The van der Waals surface area contributed by atoms with E-state index in [2.05, 4.69) is 26.8 Å². The molecule has 3 saturated carbocycles. The molecule has 1 aliphatic heterocycles. The molecule has 4 heteroatoms. The largest absolute Gasteiger partial charge is 0.396 e. The lowest BCUT2D eigenvalue weighted by atomic mass is 9.47. The predicted molar refractivity (Wildman–Crippen MR) is 121 cm³/mol. The molecule has 0 amide bonds. The Labute approximate surface area is 188 Å². The second-order valence-electron chi connectivity index (χ2n) is 12.6. The van der Waals surface area contributed by atoms with Crippen LogP contribution in [-0.2, 0) is 4.74 Å². The van der Waals surface area contributed by atoms with Gasteiger partial charge in [0.15, 0.2) is 5.79 Å². The van der Waals surface area contributed by atoms with Gasteiger partial charge in [-0.2, -0.15) is 0 Å². The van der Waals surface area contributed by atoms with E-state index in [0.717, 1.165) is 44.4 Å². The summed E-state index contributed by atoms with van der Waals surface area (Å²) in [6, 6.07) is 0. The first-order chi connectivity index (χ1) is 14.6. The molecule has 4 aliphatic carbocycles. The third-order valence-electron chi connectivity index (χ3n) is 11.1. The molecule has 3 N–H and O–H groups in total. The van der Waals surface area contributed by atoms with Crippen LogP contribution in [0, 0.1) is 46.3 Å². The molecule has 0 radical (unpaired) electrons. The van der Waals surface area contributed by atoms with Crippen molar-refractivity contribution in [3.05, 3.63) is 11.6 Å². The summed E-state index contributed by atoms with van der Waals surface area (Å²) in [5.41, 5.74) is 2.05. The molecule has 0 bridgehead atoms. The normalized spacial score (nSPS) is 54.4. The van der Waals surface area contributed by atoms with E-state index in [4.69, 9.17) is 4.74 Å². The first-order valence-electron chi connectivity index (χ1n) is 13.0. The number of fused-ring (bicyclic) bond motifs is 7. The summed E-state index contributed by atoms with van der Waals surface area (Å²) < 4.78 is 6.49. The quantitative estimate of drug-likeness (QED) is 0.565. The third kappa shape index (κ3) is 3.22. The van der Waals surface area contributed by atoms with Crippen molar-refractivity contribution in [3.63, 3.8) is 0 Å². The molecule has 0 aromatic carbocycles. The van der Waals surface area contributed by atoms with E-state index in [1.807, 2.05) is 6.92 Å². The molecule has 0 aromatic heterocycles. The number of allylic oxidation sites excluding steroid dienone is 1. The van der Waals surface area contributed by atoms with Gasteiger partial charge in [-0.1, -0.05) is 39.3 Å². The zero-order valence-corrected chi connectivity index (χ0v) is 20.0. The maximum atomic E-state index is 11.4. The van der Waals surface area contributed by atoms with Gasteiger partial charge in [0, 0.05) is 18.9 Å². The van der Waals surface area contributed by atoms with Crippen LogP contribution in [0.25, 0.3) is 0 Å². The lowest BCUT2D eigenvalue weighted by molar-refractivity contribution is -0.220. The van der Waals surface area contributed by atoms with Gasteiger partial charge in [0.25, 0.3) is 0 Å². The molecule has 176 valence electrons. The second-order valence-corrected chi connectivity index (χ2v) is 12.6. The van der Waals surface area contributed by atoms with Crippen LogP contribution >= 0.6 is 0 Å². The maximum absolute atomic E-state index is 11.4. The molecule has 1 heterocycles. The van der Waals surface area contributed by atoms with E-state index in [1.165, 1.54) is 18.4 Å². The SMILES string of the molecule is C[C@@H](CO)CCC1(O)O[C@H]2C[C@H]3[C@@H]4CC=C5CC(O)CC[C@]5(C)[C@H]4CC[C@]3(C)[C@H]2[C@@H]1C. The van der Waals surface area contributed by atoms with E-state index in [9.17, 15) is 15.3 Å². The van der Waals surface area contributed by atoms with Crippen LogP contribution in [0.5, 0.6) is 0 Å². The van der Waals surface area contributed by atoms with Crippen molar-refractivity contribution < 1.29 is 20.1 Å². The van der Waals surface area contributed by atoms with Gasteiger partial charge in [-0.05, 0) is 91.8 Å². The number of rotatable bonds is 4. The minimum absolute atomic E-state index is 0.143. The van der Waals surface area contributed by atoms with Crippen molar-refractivity contribution in [2.45, 2.75) is 103 Å². The van der Waals surface area contributed by atoms with Gasteiger partial charge in [-0.15, -0.1) is 0 Å². The molecular weight excluding hydrogens is 388 g/mol. The Bertz CT molecular complexity index is 735. The molecule has 11 atom stereocenters. The zero-order chi connectivity index (χ0) is 22.2. The summed E-state index contributed by atoms with van der Waals surface area (Å²) in [6.45, 7) is 9.42. The smallest absolute Gasteiger partial charge is 0.168 e. The number of hydrogen-bond donors (Lipinski definition) is 3. The van der Waals surface area contributed by atoms with Gasteiger partial charge < -0.3 is 20.1 Å². The van der Waals surface area contributed by atoms with E-state index < -0.39 is 5.79 Å². The lowest BCUT2D eigenvalue weighted by Gasteiger charge is -2.58. The molecule has 4 nitrogen and oxygen atoms in total. The van der Waals surface area contributed by atoms with E-state index in [0.29, 0.717) is 24.2 Å². The fourth-order valence-electron chi connectivity index (χ4n) is 9.16. The lowest BCUT2D eigenvalue weighted by Crippen LogP contribution is -2.51. The maximum Gasteiger partial charge on any atom is 0.168 e. The molecular formula is C27H44O4. The number of hydrogen-bond acceptors (Lipinski definition) is 4. The highest BCUT2D eigenvalue weighted by molar-refractivity contribution is 5.26. The van der Waals surface area contributed by atoms with Crippen LogP contribution in [0.1, 0.15) is 85.5 Å². The fraction of sp³-hybridized carbons (Fsp3) is 0.926. The number of aliphatic hydroxyl groups excluding tert-OH is 2. The summed E-state index contributed by atoms with van der Waals surface area (Å²) in [6.07, 6.45) is 11.7. The van der Waals surface area contributed by atoms with Crippen LogP contribution in [0.15, 0.2) is 11.6 Å². The van der Waals surface area contributed by atoms with E-state index >= 15 is 0 Å². The highest BCUT2D eigenvalue weighted by Crippen LogP contribution is 2.70. The topological polar surface area (TPSA) is 69.9 Å². The molecule has 0 spiro atoms. The Kier molecular flexibility index (Phi) is 5.45. The minimum Gasteiger partial charge on any atom is -0.396 e. The fourth-order valence-corrected chi connectivity index (χ4v) is 9.16. The van der Waals surface area contributed by atoms with Crippen molar-refractivity contribution in [1.29, 1.82) is 0 Å². The van der Waals surface area contributed by atoms with Crippen molar-refractivity contribution in [2.24, 2.45) is 46.3 Å². The van der Waals surface area contributed by atoms with Gasteiger partial charge in [-0.3, -0.25) is 0 Å². The highest BCUT2D eigenvalue weighted by Gasteiger charge is 2.67. The standard InChI is InChI=1S/C27H44O4/c1-16(15-28)7-12-27(30)17(2)24-23(31-27)14-22-20-6-5-18-13-19(29)8-10-25(18,3)21(20)9-11-26(22,24)4/h5,16-17,19-24,28-30H,6-15H2,1-4H3/t16-,17+,19?,20-,21+,22+,23+,24+,25+,26+,27?/m1/s1. The van der Waals surface area contributed by atoms with Crippen LogP contribution < -0.4 is 0 Å². The molecule has 5 aliphatic rings. The summed E-state index contributed by atoms with van der Waals surface area (Å²) >= 11 is 0. The molecule has 5 rings (SSSR count). The summed E-state index contributed by atoms with van der Waals surface area (Å²) in [7, 11) is 0. The molecule has 1 saturated heterocycles. The van der Waals surface area contributed by atoms with Crippen molar-refractivity contribution in [1.82, 2.24) is 0 Å². The minimum atomic E-state index is -1.03. The van der Waals surface area contributed by atoms with Gasteiger partial charge in [0.1, 0.15) is 0 Å². The first kappa shape index (κ1) is 22.4. The van der Waals surface area contributed by atoms with Crippen LogP contribution in [-0.4, -0.2) is 39.9 Å². The first-order valence-corrected chi connectivity index (χ1v) is 13.0. The monoisotopic (exact) mass is 432 g/mol. The average molecular weight is 433 g/mol. The van der Waals surface area contributed by atoms with Crippen LogP contribution in [0.3, 0.4) is 0 Å². The van der Waals surface area contributed by atoms with Gasteiger partial charge >= 0.3 is 0 Å². The molecule has 4 fully saturated rings. The van der Waals surface area contributed by atoms with Crippen molar-refractivity contribution in [3.8, 4) is 0 Å². The van der Waals surface area contributed by atoms with E-state index in [1.54, 1.807) is 0 Å². The summed E-state index contributed by atoms with van der Waals surface area (Å²) in [5, 5.41) is 31.1. The number of aliphatic hydroxyl groups is 3. The van der Waals surface area contributed by atoms with E-state index in [-0.39, 0.29) is 41.5 Å². The predicted octanol–water partition coefficient (Wildman–Crippen LogP) is 4.67. The molecule has 0 aromatic rings. The number of ether oxygens (including phenoxy) is 1. The van der Waals surface area contributed by atoms with Crippen molar-refractivity contribution >= 4 is 0 Å². The van der Waals surface area contributed by atoms with Crippen LogP contribution in [0.4, 0.5) is 0 Å². The molecule has 2 unspecified atom stereocenters. The van der Waals surface area contributed by atoms with Gasteiger partial charge in [-0.25, -0.2) is 0 Å². The van der Waals surface area contributed by atoms with Crippen LogP contribution in [0.2, 0.25) is 0 Å². The average Bonchev–Trinajstić information content (AvgIpc) is 3.17. The Balaban J connectivity index is 1.37. The summed E-state index contributed by atoms with van der Waals surface area (Å²) in [4.78, 5) is 0.